The molecule has 0 N–H and O–H groups in total. The Hall–Kier alpha value is -3.05. The summed E-state index contributed by atoms with van der Waals surface area (Å²) in [6.45, 7) is 10.0. The molecule has 4 rings (SSSR count). The second-order valence-electron chi connectivity index (χ2n) is 9.44. The van der Waals surface area contributed by atoms with Gasteiger partial charge in [-0.25, -0.2) is 9.79 Å². The molecule has 0 radical (unpaired) electrons. The highest BCUT2D eigenvalue weighted by Crippen LogP contribution is 2.39. The maximum absolute atomic E-state index is 13.7. The van der Waals surface area contributed by atoms with Crippen LogP contribution in [0.25, 0.3) is 11.3 Å². The lowest BCUT2D eigenvalue weighted by molar-refractivity contribution is 0.354. The van der Waals surface area contributed by atoms with Crippen LogP contribution in [0.2, 0.25) is 0 Å². The number of benzene rings is 2. The number of aryl methyl sites for hydroxylation is 4. The fourth-order valence-electron chi connectivity index (χ4n) is 4.69. The van der Waals surface area contributed by atoms with E-state index in [9.17, 15) is 9.36 Å². The predicted molar refractivity (Wildman–Crippen MR) is 136 cm³/mol. The first-order chi connectivity index (χ1) is 16.0. The lowest BCUT2D eigenvalue weighted by atomic mass is 9.97. The molecular formula is C26H32N3O4P. The van der Waals surface area contributed by atoms with Gasteiger partial charge in [0.05, 0.1) is 31.9 Å². The van der Waals surface area contributed by atoms with Gasteiger partial charge in [0.1, 0.15) is 12.6 Å². The van der Waals surface area contributed by atoms with Crippen molar-refractivity contribution in [3.8, 4) is 22.8 Å². The third-order valence-electron chi connectivity index (χ3n) is 6.13. The summed E-state index contributed by atoms with van der Waals surface area (Å²) in [4.78, 5) is 18.7. The van der Waals surface area contributed by atoms with Crippen LogP contribution in [0.5, 0.6) is 11.5 Å². The number of methoxy groups -OCH3 is 2. The first-order valence-corrected chi connectivity index (χ1v) is 14.1. The minimum atomic E-state index is -2.55. The highest BCUT2D eigenvalue weighted by atomic mass is 31.2. The van der Waals surface area contributed by atoms with Gasteiger partial charge in [0.2, 0.25) is 0 Å². The number of aromatic nitrogens is 2. The van der Waals surface area contributed by atoms with E-state index in [1.807, 2.05) is 32.0 Å². The van der Waals surface area contributed by atoms with Gasteiger partial charge in [0.25, 0.3) is 0 Å². The van der Waals surface area contributed by atoms with Crippen LogP contribution in [-0.4, -0.2) is 36.7 Å². The van der Waals surface area contributed by atoms with E-state index >= 15 is 0 Å². The van der Waals surface area contributed by atoms with Crippen molar-refractivity contribution in [1.29, 1.82) is 0 Å². The number of rotatable bonds is 5. The van der Waals surface area contributed by atoms with Crippen molar-refractivity contribution in [2.45, 2.75) is 40.0 Å². The zero-order valence-corrected chi connectivity index (χ0v) is 21.8. The maximum Gasteiger partial charge on any atom is 0.330 e. The molecule has 1 aliphatic heterocycles. The first-order valence-electron chi connectivity index (χ1n) is 11.3. The molecule has 8 heteroatoms. The summed E-state index contributed by atoms with van der Waals surface area (Å²) in [6, 6.07) is 9.98. The van der Waals surface area contributed by atoms with Gasteiger partial charge in [-0.2, -0.15) is 0 Å². The number of fused-ring (bicyclic) bond motifs is 3. The summed E-state index contributed by atoms with van der Waals surface area (Å²) in [5.41, 5.74) is 7.11. The maximum atomic E-state index is 13.7. The average molecular weight is 482 g/mol. The van der Waals surface area contributed by atoms with Gasteiger partial charge in [0.15, 0.2) is 11.5 Å². The topological polar surface area (TPSA) is 74.8 Å². The zero-order chi connectivity index (χ0) is 24.8. The highest BCUT2D eigenvalue weighted by Gasteiger charge is 2.23. The first kappa shape index (κ1) is 24.1. The molecule has 0 amide bonds. The Labute approximate surface area is 200 Å². The van der Waals surface area contributed by atoms with E-state index in [0.29, 0.717) is 30.0 Å². The van der Waals surface area contributed by atoms with Crippen molar-refractivity contribution in [2.75, 3.05) is 27.5 Å². The van der Waals surface area contributed by atoms with Crippen LogP contribution >= 0.6 is 7.14 Å². The number of ether oxygens (including phenoxy) is 2. The Kier molecular flexibility index (Phi) is 6.34. The summed E-state index contributed by atoms with van der Waals surface area (Å²) in [5.74, 6) is 1.27. The molecule has 3 aromatic rings. The molecule has 0 fully saturated rings. The molecule has 1 aromatic heterocycles. The van der Waals surface area contributed by atoms with Crippen LogP contribution in [0.15, 0.2) is 40.1 Å². The Morgan fingerprint density at radius 1 is 0.971 bits per heavy atom. The molecule has 2 aromatic carbocycles. The van der Waals surface area contributed by atoms with Gasteiger partial charge in [-0.05, 0) is 69.3 Å². The summed E-state index contributed by atoms with van der Waals surface area (Å²) in [7, 11) is 0.666. The molecule has 0 unspecified atom stereocenters. The lowest BCUT2D eigenvalue weighted by Gasteiger charge is -2.25. The van der Waals surface area contributed by atoms with Crippen LogP contribution in [0.4, 0.5) is 5.69 Å². The summed E-state index contributed by atoms with van der Waals surface area (Å²) in [6.07, 6.45) is 0.818. The molecule has 0 saturated carbocycles. The lowest BCUT2D eigenvalue weighted by Crippen LogP contribution is -2.42. The van der Waals surface area contributed by atoms with Crippen molar-refractivity contribution in [3.05, 3.63) is 68.6 Å². The molecule has 0 atom stereocenters. The van der Waals surface area contributed by atoms with Crippen molar-refractivity contribution in [3.63, 3.8) is 0 Å². The minimum Gasteiger partial charge on any atom is -0.493 e. The van der Waals surface area contributed by atoms with Crippen LogP contribution < -0.4 is 20.7 Å². The quantitative estimate of drug-likeness (QED) is 0.498. The van der Waals surface area contributed by atoms with E-state index in [4.69, 9.17) is 14.5 Å². The SMILES string of the molecule is COc1cc2c(cc1OC)-c1cc(=Nc3c(C)cc(C)cc3C)n(CP(C)(C)=O)c(=O)n1CC2. The molecule has 0 saturated heterocycles. The molecule has 180 valence electrons. The van der Waals surface area contributed by atoms with Crippen LogP contribution in [0, 0.1) is 20.8 Å². The molecule has 1 aliphatic rings. The number of nitrogens with zero attached hydrogens (tertiary/aromatic N) is 3. The average Bonchev–Trinajstić information content (AvgIpc) is 2.76. The molecule has 0 spiro atoms. The van der Waals surface area contributed by atoms with E-state index < -0.39 is 7.14 Å². The molecular weight excluding hydrogens is 449 g/mol. The van der Waals surface area contributed by atoms with Gasteiger partial charge < -0.3 is 14.0 Å². The van der Waals surface area contributed by atoms with Crippen LogP contribution in [0.1, 0.15) is 22.3 Å². The van der Waals surface area contributed by atoms with Crippen LogP contribution in [-0.2, 0) is 23.8 Å². The monoisotopic (exact) mass is 481 g/mol. The van der Waals surface area contributed by atoms with Gasteiger partial charge in [-0.1, -0.05) is 17.7 Å². The number of hydrogen-bond donors (Lipinski definition) is 0. The van der Waals surface area contributed by atoms with Gasteiger partial charge in [-0.3, -0.25) is 9.13 Å². The normalized spacial score (nSPS) is 13.4. The second-order valence-corrected chi connectivity index (χ2v) is 12.9. The van der Waals surface area contributed by atoms with Gasteiger partial charge in [-0.15, -0.1) is 0 Å². The predicted octanol–water partition coefficient (Wildman–Crippen LogP) is 4.63. The van der Waals surface area contributed by atoms with E-state index in [1.54, 1.807) is 36.7 Å². The summed E-state index contributed by atoms with van der Waals surface area (Å²) in [5, 5.41) is 0. The molecule has 34 heavy (non-hydrogen) atoms. The minimum absolute atomic E-state index is 0.133. The van der Waals surface area contributed by atoms with Crippen molar-refractivity contribution in [2.24, 2.45) is 4.99 Å². The van der Waals surface area contributed by atoms with Gasteiger partial charge in [0, 0.05) is 18.2 Å². The summed E-state index contributed by atoms with van der Waals surface area (Å²) < 4.78 is 27.1. The molecule has 0 aliphatic carbocycles. The number of hydrogen-bond acceptors (Lipinski definition) is 5. The van der Waals surface area contributed by atoms with Crippen molar-refractivity contribution in [1.82, 2.24) is 9.13 Å². The third-order valence-corrected chi connectivity index (χ3v) is 7.09. The van der Waals surface area contributed by atoms with E-state index in [2.05, 4.69) is 19.1 Å². The van der Waals surface area contributed by atoms with Crippen LogP contribution in [0.3, 0.4) is 0 Å². The van der Waals surface area contributed by atoms with Gasteiger partial charge >= 0.3 is 5.69 Å². The molecule has 7 nitrogen and oxygen atoms in total. The Balaban J connectivity index is 2.06. The van der Waals surface area contributed by atoms with E-state index in [1.165, 1.54) is 0 Å². The Bertz CT molecular complexity index is 1440. The standard InChI is InChI=1S/C26H32N3O4P/c1-16-10-17(2)25(18(3)11-16)27-24-14-21-20-13-23(33-5)22(32-4)12-19(20)8-9-28(21)26(30)29(24)15-34(6,7)31/h10-14H,8-9,15H2,1-7H3. The Morgan fingerprint density at radius 3 is 2.18 bits per heavy atom. The molecule has 2 heterocycles. The zero-order valence-electron chi connectivity index (χ0n) is 20.9. The van der Waals surface area contributed by atoms with Crippen molar-refractivity contribution >= 4 is 12.8 Å². The van der Waals surface area contributed by atoms with E-state index in [0.717, 1.165) is 39.2 Å². The summed E-state index contributed by atoms with van der Waals surface area (Å²) >= 11 is 0. The third kappa shape index (κ3) is 4.49. The highest BCUT2D eigenvalue weighted by molar-refractivity contribution is 7.61. The fourth-order valence-corrected chi connectivity index (χ4v) is 5.64. The Morgan fingerprint density at radius 2 is 1.59 bits per heavy atom. The van der Waals surface area contributed by atoms with Crippen molar-refractivity contribution < 1.29 is 14.0 Å². The fraction of sp³-hybridized carbons (Fsp3) is 0.385. The smallest absolute Gasteiger partial charge is 0.330 e. The van der Waals surface area contributed by atoms with E-state index in [-0.39, 0.29) is 12.0 Å². The molecule has 0 bridgehead atoms. The largest absolute Gasteiger partial charge is 0.493 e. The second kappa shape index (κ2) is 8.95.